The molecule has 1 rings (SSSR count). The van der Waals surface area contributed by atoms with Crippen molar-refractivity contribution in [3.63, 3.8) is 0 Å². The van der Waals surface area contributed by atoms with Crippen LogP contribution in [-0.2, 0) is 0 Å². The summed E-state index contributed by atoms with van der Waals surface area (Å²) in [6.07, 6.45) is 7.87. The van der Waals surface area contributed by atoms with Gasteiger partial charge in [0.15, 0.2) is 0 Å². The third-order valence-corrected chi connectivity index (χ3v) is 4.37. The predicted octanol–water partition coefficient (Wildman–Crippen LogP) is 3.33. The topological polar surface area (TPSA) is 26.0 Å². The Hall–Kier alpha value is -0.0400. The van der Waals surface area contributed by atoms with Gasteiger partial charge >= 0.3 is 0 Å². The molecule has 78 valence electrons. The van der Waals surface area contributed by atoms with Crippen LogP contribution >= 0.6 is 0 Å². The molecule has 0 radical (unpaired) electrons. The highest BCUT2D eigenvalue weighted by atomic mass is 14.6. The van der Waals surface area contributed by atoms with E-state index < -0.39 is 0 Å². The van der Waals surface area contributed by atoms with E-state index in [-0.39, 0.29) is 0 Å². The first-order chi connectivity index (χ1) is 6.12. The van der Waals surface area contributed by atoms with Crippen molar-refractivity contribution in [3.05, 3.63) is 0 Å². The summed E-state index contributed by atoms with van der Waals surface area (Å²) >= 11 is 0. The van der Waals surface area contributed by atoms with Gasteiger partial charge in [0.2, 0.25) is 0 Å². The minimum atomic E-state index is 0.495. The maximum absolute atomic E-state index is 5.92. The fourth-order valence-corrected chi connectivity index (χ4v) is 2.64. The molecule has 0 heterocycles. The molecule has 1 aliphatic carbocycles. The third kappa shape index (κ3) is 2.46. The van der Waals surface area contributed by atoms with Crippen molar-refractivity contribution in [2.24, 2.45) is 17.1 Å². The fraction of sp³-hybridized carbons (Fsp3) is 1.00. The van der Waals surface area contributed by atoms with Gasteiger partial charge in [-0.25, -0.2) is 0 Å². The second kappa shape index (κ2) is 4.45. The lowest BCUT2D eigenvalue weighted by Crippen LogP contribution is -2.34. The average Bonchev–Trinajstić information content (AvgIpc) is 2.18. The number of hydrogen-bond acceptors (Lipinski definition) is 1. The van der Waals surface area contributed by atoms with E-state index in [4.69, 9.17) is 5.73 Å². The molecule has 1 aliphatic rings. The summed E-state index contributed by atoms with van der Waals surface area (Å²) in [5.74, 6) is 0.933. The summed E-state index contributed by atoms with van der Waals surface area (Å²) in [6, 6.07) is 0.495. The summed E-state index contributed by atoms with van der Waals surface area (Å²) < 4.78 is 0. The normalized spacial score (nSPS) is 30.5. The predicted molar refractivity (Wildman–Crippen MR) is 58.6 cm³/mol. The van der Waals surface area contributed by atoms with Crippen molar-refractivity contribution in [3.8, 4) is 0 Å². The zero-order chi connectivity index (χ0) is 9.90. The second-order valence-electron chi connectivity index (χ2n) is 4.97. The highest BCUT2D eigenvalue weighted by Crippen LogP contribution is 2.42. The third-order valence-electron chi connectivity index (χ3n) is 4.37. The summed E-state index contributed by atoms with van der Waals surface area (Å²) in [5.41, 5.74) is 6.51. The highest BCUT2D eigenvalue weighted by molar-refractivity contribution is 4.85. The summed E-state index contributed by atoms with van der Waals surface area (Å²) in [4.78, 5) is 0. The largest absolute Gasteiger partial charge is 0.328 e. The summed E-state index contributed by atoms with van der Waals surface area (Å²) in [7, 11) is 0. The Labute approximate surface area is 83.1 Å². The number of hydrogen-bond donors (Lipinski definition) is 1. The van der Waals surface area contributed by atoms with Gasteiger partial charge in [0, 0.05) is 6.04 Å². The molecule has 1 nitrogen and oxygen atoms in total. The van der Waals surface area contributed by atoms with E-state index in [0.29, 0.717) is 11.5 Å². The van der Waals surface area contributed by atoms with Gasteiger partial charge in [-0.3, -0.25) is 0 Å². The van der Waals surface area contributed by atoms with E-state index in [1.807, 2.05) is 0 Å². The molecule has 1 saturated carbocycles. The van der Waals surface area contributed by atoms with Gasteiger partial charge in [-0.1, -0.05) is 33.6 Å². The first-order valence-electron chi connectivity index (χ1n) is 5.88. The van der Waals surface area contributed by atoms with Crippen LogP contribution < -0.4 is 5.73 Å². The maximum Gasteiger partial charge on any atom is 0.00390 e. The van der Waals surface area contributed by atoms with Crippen molar-refractivity contribution >= 4 is 0 Å². The monoisotopic (exact) mass is 183 g/mol. The molecule has 2 N–H and O–H groups in total. The summed E-state index contributed by atoms with van der Waals surface area (Å²) in [5, 5.41) is 0. The van der Waals surface area contributed by atoms with Gasteiger partial charge in [0.1, 0.15) is 0 Å². The van der Waals surface area contributed by atoms with Crippen LogP contribution in [-0.4, -0.2) is 6.04 Å². The van der Waals surface area contributed by atoms with Crippen molar-refractivity contribution in [2.75, 3.05) is 0 Å². The molecular formula is C12H25N. The standard InChI is InChI=1S/C12H25N/c1-4-12(3,5-2)10-6-8-11(13)9-7-10/h10-11H,4-9,13H2,1-3H3/t10-,11-. The van der Waals surface area contributed by atoms with E-state index in [9.17, 15) is 0 Å². The molecule has 0 aliphatic heterocycles. The van der Waals surface area contributed by atoms with Crippen molar-refractivity contribution in [1.29, 1.82) is 0 Å². The minimum Gasteiger partial charge on any atom is -0.328 e. The van der Waals surface area contributed by atoms with E-state index in [1.54, 1.807) is 0 Å². The Balaban J connectivity index is 2.51. The maximum atomic E-state index is 5.92. The molecule has 0 unspecified atom stereocenters. The molecule has 0 atom stereocenters. The molecule has 0 aromatic heterocycles. The molecule has 13 heavy (non-hydrogen) atoms. The van der Waals surface area contributed by atoms with Gasteiger partial charge < -0.3 is 5.73 Å². The lowest BCUT2D eigenvalue weighted by atomic mass is 9.66. The van der Waals surface area contributed by atoms with Gasteiger partial charge in [-0.05, 0) is 37.0 Å². The lowest BCUT2D eigenvalue weighted by Gasteiger charge is -2.40. The minimum absolute atomic E-state index is 0.495. The molecule has 0 bridgehead atoms. The Morgan fingerprint density at radius 1 is 1.08 bits per heavy atom. The molecule has 1 heteroatoms. The first kappa shape index (κ1) is 11.0. The number of nitrogens with two attached hydrogens (primary N) is 1. The van der Waals surface area contributed by atoms with Crippen molar-refractivity contribution in [2.45, 2.75) is 65.3 Å². The van der Waals surface area contributed by atoms with Crippen LogP contribution in [0, 0.1) is 11.3 Å². The molecular weight excluding hydrogens is 158 g/mol. The Kier molecular flexibility index (Phi) is 3.78. The van der Waals surface area contributed by atoms with E-state index in [0.717, 1.165) is 5.92 Å². The molecule has 0 aromatic rings. The molecule has 1 fully saturated rings. The van der Waals surface area contributed by atoms with Crippen LogP contribution in [0.1, 0.15) is 59.3 Å². The Morgan fingerprint density at radius 3 is 1.92 bits per heavy atom. The summed E-state index contributed by atoms with van der Waals surface area (Å²) in [6.45, 7) is 7.12. The van der Waals surface area contributed by atoms with E-state index in [2.05, 4.69) is 20.8 Å². The molecule has 0 aromatic carbocycles. The van der Waals surface area contributed by atoms with Crippen molar-refractivity contribution in [1.82, 2.24) is 0 Å². The van der Waals surface area contributed by atoms with E-state index in [1.165, 1.54) is 38.5 Å². The van der Waals surface area contributed by atoms with Crippen LogP contribution in [0.25, 0.3) is 0 Å². The van der Waals surface area contributed by atoms with Gasteiger partial charge in [-0.2, -0.15) is 0 Å². The fourth-order valence-electron chi connectivity index (χ4n) is 2.64. The van der Waals surface area contributed by atoms with Crippen LogP contribution in [0.5, 0.6) is 0 Å². The Morgan fingerprint density at radius 2 is 1.54 bits per heavy atom. The Bertz CT molecular complexity index is 141. The first-order valence-corrected chi connectivity index (χ1v) is 5.88. The van der Waals surface area contributed by atoms with Crippen LogP contribution in [0.2, 0.25) is 0 Å². The van der Waals surface area contributed by atoms with Crippen molar-refractivity contribution < 1.29 is 0 Å². The van der Waals surface area contributed by atoms with E-state index >= 15 is 0 Å². The number of rotatable bonds is 3. The van der Waals surface area contributed by atoms with Crippen LogP contribution in [0.15, 0.2) is 0 Å². The quantitative estimate of drug-likeness (QED) is 0.713. The van der Waals surface area contributed by atoms with Gasteiger partial charge in [0.25, 0.3) is 0 Å². The molecule has 0 spiro atoms. The molecule has 0 amide bonds. The smallest absolute Gasteiger partial charge is 0.00390 e. The van der Waals surface area contributed by atoms with Gasteiger partial charge in [-0.15, -0.1) is 0 Å². The zero-order valence-electron chi connectivity index (χ0n) is 9.47. The van der Waals surface area contributed by atoms with Crippen LogP contribution in [0.4, 0.5) is 0 Å². The highest BCUT2D eigenvalue weighted by Gasteiger charge is 2.32. The lowest BCUT2D eigenvalue weighted by molar-refractivity contribution is 0.119. The zero-order valence-corrected chi connectivity index (χ0v) is 9.47. The SMILES string of the molecule is CCC(C)(CC)[C@H]1CC[C@H](N)CC1. The molecule has 0 saturated heterocycles. The van der Waals surface area contributed by atoms with Crippen LogP contribution in [0.3, 0.4) is 0 Å². The van der Waals surface area contributed by atoms with Gasteiger partial charge in [0.05, 0.1) is 0 Å². The second-order valence-corrected chi connectivity index (χ2v) is 4.97. The average molecular weight is 183 g/mol.